The van der Waals surface area contributed by atoms with Crippen molar-refractivity contribution in [3.8, 4) is 5.75 Å². The zero-order valence-electron chi connectivity index (χ0n) is 9.63. The Morgan fingerprint density at radius 1 is 1.31 bits per heavy atom. The molecule has 1 aromatic heterocycles. The van der Waals surface area contributed by atoms with Crippen molar-refractivity contribution in [1.82, 2.24) is 9.55 Å². The summed E-state index contributed by atoms with van der Waals surface area (Å²) >= 11 is 0. The van der Waals surface area contributed by atoms with Gasteiger partial charge >= 0.3 is 0 Å². The molecule has 0 spiro atoms. The van der Waals surface area contributed by atoms with E-state index in [1.807, 2.05) is 49.8 Å². The molecule has 0 saturated heterocycles. The van der Waals surface area contributed by atoms with Gasteiger partial charge in [-0.1, -0.05) is 18.2 Å². The fourth-order valence-electron chi connectivity index (χ4n) is 1.50. The second-order valence-corrected chi connectivity index (χ2v) is 3.94. The molecule has 1 aromatic carbocycles. The molecular weight excluding hydrogens is 200 g/mol. The number of imidazole rings is 1. The Labute approximate surface area is 95.7 Å². The van der Waals surface area contributed by atoms with Crippen LogP contribution in [0.5, 0.6) is 5.75 Å². The molecule has 84 valence electrons. The predicted molar refractivity (Wildman–Crippen MR) is 63.6 cm³/mol. The monoisotopic (exact) mass is 216 g/mol. The van der Waals surface area contributed by atoms with Gasteiger partial charge in [0.15, 0.2) is 0 Å². The molecule has 2 rings (SSSR count). The summed E-state index contributed by atoms with van der Waals surface area (Å²) in [6, 6.07) is 10.2. The molecule has 0 aliphatic heterocycles. The number of hydrogen-bond acceptors (Lipinski definition) is 2. The maximum absolute atomic E-state index is 5.68. The van der Waals surface area contributed by atoms with Gasteiger partial charge in [0.1, 0.15) is 12.4 Å². The Kier molecular flexibility index (Phi) is 3.25. The minimum absolute atomic E-state index is 0.293. The Bertz CT molecular complexity index is 436. The summed E-state index contributed by atoms with van der Waals surface area (Å²) in [5, 5.41) is 0. The van der Waals surface area contributed by atoms with Crippen LogP contribution in [0.3, 0.4) is 0 Å². The van der Waals surface area contributed by atoms with E-state index in [1.54, 1.807) is 0 Å². The summed E-state index contributed by atoms with van der Waals surface area (Å²) in [4.78, 5) is 4.20. The van der Waals surface area contributed by atoms with Gasteiger partial charge in [-0.15, -0.1) is 0 Å². The third-order valence-electron chi connectivity index (χ3n) is 2.47. The van der Waals surface area contributed by atoms with E-state index >= 15 is 0 Å². The highest BCUT2D eigenvalue weighted by Gasteiger charge is 2.05. The van der Waals surface area contributed by atoms with Crippen molar-refractivity contribution >= 4 is 0 Å². The third-order valence-corrected chi connectivity index (χ3v) is 2.47. The number of aromatic nitrogens is 2. The van der Waals surface area contributed by atoms with Gasteiger partial charge in [0.25, 0.3) is 0 Å². The van der Waals surface area contributed by atoms with Gasteiger partial charge in [-0.25, -0.2) is 4.98 Å². The third kappa shape index (κ3) is 2.63. The predicted octanol–water partition coefficient (Wildman–Crippen LogP) is 2.83. The molecule has 0 N–H and O–H groups in total. The first-order valence-corrected chi connectivity index (χ1v) is 5.43. The van der Waals surface area contributed by atoms with Crippen molar-refractivity contribution in [2.75, 3.05) is 6.61 Å². The van der Waals surface area contributed by atoms with E-state index in [1.165, 1.54) is 0 Å². The van der Waals surface area contributed by atoms with Crippen LogP contribution in [-0.2, 0) is 0 Å². The van der Waals surface area contributed by atoms with Crippen molar-refractivity contribution < 1.29 is 4.74 Å². The maximum atomic E-state index is 5.68. The Hall–Kier alpha value is -1.77. The molecule has 0 aliphatic carbocycles. The lowest BCUT2D eigenvalue weighted by atomic mass is 10.3. The normalized spacial score (nSPS) is 12.4. The van der Waals surface area contributed by atoms with Crippen molar-refractivity contribution in [2.24, 2.45) is 0 Å². The zero-order valence-corrected chi connectivity index (χ0v) is 9.63. The summed E-state index contributed by atoms with van der Waals surface area (Å²) in [7, 11) is 0. The van der Waals surface area contributed by atoms with Gasteiger partial charge in [0.2, 0.25) is 0 Å². The van der Waals surface area contributed by atoms with Gasteiger partial charge in [0, 0.05) is 6.20 Å². The van der Waals surface area contributed by atoms with Crippen LogP contribution in [-0.4, -0.2) is 16.2 Å². The largest absolute Gasteiger partial charge is 0.491 e. The minimum Gasteiger partial charge on any atom is -0.491 e. The summed E-state index contributed by atoms with van der Waals surface area (Å²) in [5.41, 5.74) is 1.03. The average Bonchev–Trinajstić information content (AvgIpc) is 2.74. The van der Waals surface area contributed by atoms with E-state index in [-0.39, 0.29) is 0 Å². The van der Waals surface area contributed by atoms with Crippen molar-refractivity contribution in [3.05, 3.63) is 48.5 Å². The topological polar surface area (TPSA) is 27.1 Å². The highest BCUT2D eigenvalue weighted by Crippen LogP contribution is 2.12. The summed E-state index contributed by atoms with van der Waals surface area (Å²) < 4.78 is 7.75. The highest BCUT2D eigenvalue weighted by atomic mass is 16.5. The number of ether oxygens (including phenoxy) is 1. The molecule has 0 unspecified atom stereocenters. The first-order valence-electron chi connectivity index (χ1n) is 5.43. The fourth-order valence-corrected chi connectivity index (χ4v) is 1.50. The van der Waals surface area contributed by atoms with E-state index < -0.39 is 0 Å². The van der Waals surface area contributed by atoms with E-state index in [9.17, 15) is 0 Å². The molecule has 1 heterocycles. The van der Waals surface area contributed by atoms with Gasteiger partial charge in [-0.2, -0.15) is 0 Å². The smallest absolute Gasteiger partial charge is 0.119 e. The molecular formula is C13H16N2O. The van der Waals surface area contributed by atoms with Crippen LogP contribution in [0, 0.1) is 6.92 Å². The molecule has 16 heavy (non-hydrogen) atoms. The second kappa shape index (κ2) is 4.84. The number of rotatable bonds is 4. The van der Waals surface area contributed by atoms with Crippen LogP contribution in [0.4, 0.5) is 0 Å². The number of hydrogen-bond donors (Lipinski definition) is 0. The molecule has 0 saturated carbocycles. The quantitative estimate of drug-likeness (QED) is 0.785. The lowest BCUT2D eigenvalue weighted by Crippen LogP contribution is -2.12. The average molecular weight is 216 g/mol. The summed E-state index contributed by atoms with van der Waals surface area (Å²) in [5.74, 6) is 0.909. The maximum Gasteiger partial charge on any atom is 0.119 e. The molecule has 3 heteroatoms. The SMILES string of the molecule is Cc1cn([C@@H](C)COc2ccccc2)cn1. The zero-order chi connectivity index (χ0) is 11.4. The standard InChI is InChI=1S/C13H16N2O/c1-11-8-15(10-14-11)12(2)9-16-13-6-4-3-5-7-13/h3-8,10,12H,9H2,1-2H3/t12-/m0/s1. The van der Waals surface area contributed by atoms with E-state index in [0.29, 0.717) is 12.6 Å². The van der Waals surface area contributed by atoms with Gasteiger partial charge < -0.3 is 9.30 Å². The summed E-state index contributed by atoms with van der Waals surface area (Å²) in [6.45, 7) is 4.76. The van der Waals surface area contributed by atoms with Crippen molar-refractivity contribution in [2.45, 2.75) is 19.9 Å². The molecule has 0 aliphatic rings. The van der Waals surface area contributed by atoms with E-state index in [2.05, 4.69) is 16.5 Å². The first kappa shape index (κ1) is 10.7. The van der Waals surface area contributed by atoms with Crippen LogP contribution in [0.2, 0.25) is 0 Å². The van der Waals surface area contributed by atoms with Crippen LogP contribution in [0.15, 0.2) is 42.9 Å². The summed E-state index contributed by atoms with van der Waals surface area (Å²) in [6.07, 6.45) is 3.87. The number of benzene rings is 1. The van der Waals surface area contributed by atoms with Gasteiger partial charge in [0.05, 0.1) is 18.1 Å². The van der Waals surface area contributed by atoms with Crippen LogP contribution in [0.1, 0.15) is 18.7 Å². The lowest BCUT2D eigenvalue weighted by molar-refractivity contribution is 0.260. The fraction of sp³-hybridized carbons (Fsp3) is 0.308. The Balaban J connectivity index is 1.91. The number of nitrogens with zero attached hydrogens (tertiary/aromatic N) is 2. The van der Waals surface area contributed by atoms with E-state index in [4.69, 9.17) is 4.74 Å². The molecule has 0 amide bonds. The van der Waals surface area contributed by atoms with Crippen LogP contribution in [0.25, 0.3) is 0 Å². The second-order valence-electron chi connectivity index (χ2n) is 3.94. The number of aryl methyl sites for hydroxylation is 1. The van der Waals surface area contributed by atoms with E-state index in [0.717, 1.165) is 11.4 Å². The first-order chi connectivity index (χ1) is 7.75. The van der Waals surface area contributed by atoms with Gasteiger partial charge in [-0.05, 0) is 26.0 Å². The van der Waals surface area contributed by atoms with Crippen molar-refractivity contribution in [3.63, 3.8) is 0 Å². The van der Waals surface area contributed by atoms with Gasteiger partial charge in [-0.3, -0.25) is 0 Å². The Morgan fingerprint density at radius 2 is 2.06 bits per heavy atom. The molecule has 0 radical (unpaired) electrons. The molecule has 1 atom stereocenters. The number of para-hydroxylation sites is 1. The highest BCUT2D eigenvalue weighted by molar-refractivity contribution is 5.20. The molecule has 0 fully saturated rings. The van der Waals surface area contributed by atoms with Crippen LogP contribution >= 0.6 is 0 Å². The van der Waals surface area contributed by atoms with Crippen molar-refractivity contribution in [1.29, 1.82) is 0 Å². The minimum atomic E-state index is 0.293. The molecule has 2 aromatic rings. The van der Waals surface area contributed by atoms with Crippen LogP contribution < -0.4 is 4.74 Å². The lowest BCUT2D eigenvalue weighted by Gasteiger charge is -2.14. The molecule has 3 nitrogen and oxygen atoms in total. The molecule has 0 bridgehead atoms. The Morgan fingerprint density at radius 3 is 2.69 bits per heavy atom.